The number of carboxylic acid groups (broad SMARTS) is 1. The molecule has 3 rings (SSSR count). The molecule has 6 nitrogen and oxygen atoms in total. The van der Waals surface area contributed by atoms with Gasteiger partial charge in [0.2, 0.25) is 0 Å². The number of aromatic amines is 1. The average molecular weight is 349 g/mol. The average Bonchev–Trinajstić information content (AvgIpc) is 2.63. The number of carboxylic acids is 1. The van der Waals surface area contributed by atoms with Crippen LogP contribution in [0.4, 0.5) is 5.69 Å². The molecule has 0 amide bonds. The van der Waals surface area contributed by atoms with Crippen molar-refractivity contribution in [3.8, 4) is 17.9 Å². The minimum Gasteiger partial charge on any atom is -0.472 e. The zero-order chi connectivity index (χ0) is 18.5. The molecule has 0 saturated carbocycles. The van der Waals surface area contributed by atoms with Gasteiger partial charge in [-0.3, -0.25) is 4.79 Å². The highest BCUT2D eigenvalue weighted by Gasteiger charge is 2.23. The number of nitrogens with one attached hydrogen (secondary N) is 1. The van der Waals surface area contributed by atoms with E-state index in [9.17, 15) is 9.59 Å². The van der Waals surface area contributed by atoms with Gasteiger partial charge >= 0.3 is 5.97 Å². The summed E-state index contributed by atoms with van der Waals surface area (Å²) < 4.78 is 0. The summed E-state index contributed by atoms with van der Waals surface area (Å²) in [6, 6.07) is 9.73. The minimum atomic E-state index is -1.10. The van der Waals surface area contributed by atoms with E-state index in [1.54, 1.807) is 0 Å². The van der Waals surface area contributed by atoms with Gasteiger partial charge in [-0.2, -0.15) is 5.26 Å². The highest BCUT2D eigenvalue weighted by Crippen LogP contribution is 2.32. The molecule has 0 radical (unpaired) electrons. The van der Waals surface area contributed by atoms with Gasteiger partial charge in [-0.15, -0.1) is 0 Å². The fourth-order valence-corrected chi connectivity index (χ4v) is 3.50. The lowest BCUT2D eigenvalue weighted by Gasteiger charge is -2.34. The van der Waals surface area contributed by atoms with Crippen molar-refractivity contribution >= 4 is 22.6 Å². The summed E-state index contributed by atoms with van der Waals surface area (Å²) in [5, 5.41) is 18.7. The molecule has 2 heterocycles. The van der Waals surface area contributed by atoms with Crippen molar-refractivity contribution in [3.05, 3.63) is 40.2 Å². The van der Waals surface area contributed by atoms with Gasteiger partial charge in [0.15, 0.2) is 0 Å². The highest BCUT2D eigenvalue weighted by atomic mass is 16.4. The van der Waals surface area contributed by atoms with E-state index in [1.165, 1.54) is 0 Å². The Labute approximate surface area is 151 Å². The summed E-state index contributed by atoms with van der Waals surface area (Å²) in [6.07, 6.45) is 2.39. The van der Waals surface area contributed by atoms with E-state index in [-0.39, 0.29) is 12.0 Å². The Morgan fingerprint density at radius 1 is 1.31 bits per heavy atom. The number of hydrogen-bond acceptors (Lipinski definition) is 4. The number of fused-ring (bicyclic) bond motifs is 1. The second-order valence-electron chi connectivity index (χ2n) is 6.40. The summed E-state index contributed by atoms with van der Waals surface area (Å²) in [5.74, 6) is 4.13. The molecule has 1 aliphatic heterocycles. The molecule has 132 valence electrons. The molecular formula is C20H19N3O3. The molecular weight excluding hydrogens is 330 g/mol. The van der Waals surface area contributed by atoms with Crippen molar-refractivity contribution in [2.24, 2.45) is 5.92 Å². The third-order valence-electron chi connectivity index (χ3n) is 4.76. The number of H-pyrrole nitrogens is 1. The first-order valence-electron chi connectivity index (χ1n) is 8.57. The summed E-state index contributed by atoms with van der Waals surface area (Å²) in [5.41, 5.74) is 1.91. The van der Waals surface area contributed by atoms with Crippen molar-refractivity contribution in [1.82, 2.24) is 4.98 Å². The van der Waals surface area contributed by atoms with Crippen LogP contribution in [0.3, 0.4) is 0 Å². The molecule has 0 aliphatic carbocycles. The van der Waals surface area contributed by atoms with Gasteiger partial charge < -0.3 is 15.0 Å². The van der Waals surface area contributed by atoms with E-state index in [0.717, 1.165) is 42.5 Å². The van der Waals surface area contributed by atoms with Crippen LogP contribution in [0.2, 0.25) is 0 Å². The molecule has 1 fully saturated rings. The van der Waals surface area contributed by atoms with E-state index >= 15 is 0 Å². The van der Waals surface area contributed by atoms with Crippen molar-refractivity contribution in [3.63, 3.8) is 0 Å². The van der Waals surface area contributed by atoms with E-state index in [2.05, 4.69) is 27.8 Å². The second-order valence-corrected chi connectivity index (χ2v) is 6.40. The standard InChI is InChI=1S/C20H19N3O3/c21-11-8-16-19(15-5-1-2-6-17(15)22-20(16)26)23-12-9-14(10-13-23)4-3-7-18(24)25/h1-2,5-6,14H,4,8-10,12-13H2,(H,22,26)(H,24,25). The van der Waals surface area contributed by atoms with Gasteiger partial charge in [-0.25, -0.2) is 4.79 Å². The number of piperidine rings is 1. The Morgan fingerprint density at radius 2 is 2.04 bits per heavy atom. The molecule has 2 aromatic rings. The molecule has 1 aromatic carbocycles. The van der Waals surface area contributed by atoms with Crippen LogP contribution in [0.25, 0.3) is 10.9 Å². The van der Waals surface area contributed by atoms with Crippen molar-refractivity contribution in [1.29, 1.82) is 5.26 Å². The van der Waals surface area contributed by atoms with E-state index in [4.69, 9.17) is 10.4 Å². The normalized spacial score (nSPS) is 14.5. The minimum absolute atomic E-state index is 0.0690. The second kappa shape index (κ2) is 7.76. The molecule has 1 aliphatic rings. The zero-order valence-electron chi connectivity index (χ0n) is 14.3. The number of anilines is 1. The van der Waals surface area contributed by atoms with Gasteiger partial charge in [0, 0.05) is 30.8 Å². The van der Waals surface area contributed by atoms with Gasteiger partial charge in [-0.1, -0.05) is 24.1 Å². The molecule has 2 N–H and O–H groups in total. The molecule has 0 unspecified atom stereocenters. The third-order valence-corrected chi connectivity index (χ3v) is 4.76. The maximum atomic E-state index is 12.4. The SMILES string of the molecule is N#CCc1c(N2CCC(CC#CC(=O)O)CC2)c2ccccc2[nH]c1=O. The Bertz CT molecular complexity index is 983. The predicted molar refractivity (Wildman–Crippen MR) is 98.9 cm³/mol. The zero-order valence-corrected chi connectivity index (χ0v) is 14.3. The lowest BCUT2D eigenvalue weighted by molar-refractivity contribution is -0.130. The largest absolute Gasteiger partial charge is 0.472 e. The molecule has 26 heavy (non-hydrogen) atoms. The quantitative estimate of drug-likeness (QED) is 0.829. The Balaban J connectivity index is 1.88. The van der Waals surface area contributed by atoms with Gasteiger partial charge in [0.05, 0.1) is 29.3 Å². The smallest absolute Gasteiger partial charge is 0.381 e. The van der Waals surface area contributed by atoms with Gasteiger partial charge in [0.25, 0.3) is 5.56 Å². The van der Waals surface area contributed by atoms with Crippen LogP contribution in [0.15, 0.2) is 29.1 Å². The Kier molecular flexibility index (Phi) is 5.24. The maximum absolute atomic E-state index is 12.4. The summed E-state index contributed by atoms with van der Waals surface area (Å²) in [7, 11) is 0. The summed E-state index contributed by atoms with van der Waals surface area (Å²) in [4.78, 5) is 28.0. The number of nitrogens with zero attached hydrogens (tertiary/aromatic N) is 2. The first-order valence-corrected chi connectivity index (χ1v) is 8.57. The Morgan fingerprint density at radius 3 is 2.73 bits per heavy atom. The molecule has 0 atom stereocenters. The number of carbonyl (C=O) groups is 1. The molecule has 0 bridgehead atoms. The van der Waals surface area contributed by atoms with Crippen molar-refractivity contribution < 1.29 is 9.90 Å². The van der Waals surface area contributed by atoms with Gasteiger partial charge in [0.1, 0.15) is 0 Å². The van der Waals surface area contributed by atoms with E-state index in [0.29, 0.717) is 17.9 Å². The first kappa shape index (κ1) is 17.6. The van der Waals surface area contributed by atoms with Crippen LogP contribution >= 0.6 is 0 Å². The van der Waals surface area contributed by atoms with Crippen LogP contribution < -0.4 is 10.5 Å². The van der Waals surface area contributed by atoms with E-state index in [1.807, 2.05) is 24.3 Å². The monoisotopic (exact) mass is 349 g/mol. The lowest BCUT2D eigenvalue weighted by atomic mass is 9.92. The van der Waals surface area contributed by atoms with E-state index < -0.39 is 5.97 Å². The fourth-order valence-electron chi connectivity index (χ4n) is 3.50. The highest BCUT2D eigenvalue weighted by molar-refractivity contribution is 5.93. The van der Waals surface area contributed by atoms with Crippen molar-refractivity contribution in [2.45, 2.75) is 25.7 Å². The summed E-state index contributed by atoms with van der Waals surface area (Å²) >= 11 is 0. The van der Waals surface area contributed by atoms with Crippen LogP contribution in [0, 0.1) is 29.1 Å². The topological polar surface area (TPSA) is 97.2 Å². The number of rotatable bonds is 3. The number of hydrogen-bond donors (Lipinski definition) is 2. The van der Waals surface area contributed by atoms with Crippen LogP contribution in [-0.2, 0) is 11.2 Å². The molecule has 1 aromatic heterocycles. The molecule has 0 spiro atoms. The third kappa shape index (κ3) is 3.70. The van der Waals surface area contributed by atoms with Crippen LogP contribution in [0.1, 0.15) is 24.8 Å². The van der Waals surface area contributed by atoms with Crippen molar-refractivity contribution in [2.75, 3.05) is 18.0 Å². The number of pyridine rings is 1. The fraction of sp³-hybridized carbons (Fsp3) is 0.350. The molecule has 6 heteroatoms. The number of nitriles is 1. The number of benzene rings is 1. The summed E-state index contributed by atoms with van der Waals surface area (Å²) in [6.45, 7) is 1.51. The van der Waals surface area contributed by atoms with Crippen LogP contribution in [0.5, 0.6) is 0 Å². The molecule has 1 saturated heterocycles. The predicted octanol–water partition coefficient (Wildman–Crippen LogP) is 2.29. The number of aromatic nitrogens is 1. The number of para-hydroxylation sites is 1. The first-order chi connectivity index (χ1) is 12.6. The lowest BCUT2D eigenvalue weighted by Crippen LogP contribution is -2.35. The Hall–Kier alpha value is -3.25. The maximum Gasteiger partial charge on any atom is 0.381 e. The van der Waals surface area contributed by atoms with Gasteiger partial charge in [-0.05, 0) is 24.8 Å². The van der Waals surface area contributed by atoms with Crippen LogP contribution in [-0.4, -0.2) is 29.1 Å². The number of aliphatic carboxylic acids is 1.